The molecule has 110 valence electrons. The van der Waals surface area contributed by atoms with Crippen LogP contribution in [0.4, 0.5) is 5.69 Å². The number of hydrogen-bond donors (Lipinski definition) is 1. The number of hydrogen-bond acceptors (Lipinski definition) is 3. The van der Waals surface area contributed by atoms with Crippen molar-refractivity contribution in [2.75, 3.05) is 39.5 Å². The van der Waals surface area contributed by atoms with E-state index in [1.165, 1.54) is 4.90 Å². The van der Waals surface area contributed by atoms with Gasteiger partial charge >= 0.3 is 0 Å². The van der Waals surface area contributed by atoms with Crippen LogP contribution in [0.3, 0.4) is 0 Å². The molecule has 1 N–H and O–H groups in total. The van der Waals surface area contributed by atoms with Gasteiger partial charge in [0.05, 0.1) is 13.1 Å². The fourth-order valence-corrected chi connectivity index (χ4v) is 1.82. The van der Waals surface area contributed by atoms with Crippen LogP contribution in [0.2, 0.25) is 0 Å². The Kier molecular flexibility index (Phi) is 5.70. The van der Waals surface area contributed by atoms with Crippen molar-refractivity contribution in [2.24, 2.45) is 0 Å². The minimum atomic E-state index is -0.119. The second kappa shape index (κ2) is 7.05. The van der Waals surface area contributed by atoms with Crippen LogP contribution >= 0.6 is 0 Å². The maximum absolute atomic E-state index is 11.9. The van der Waals surface area contributed by atoms with Gasteiger partial charge in [0.1, 0.15) is 0 Å². The van der Waals surface area contributed by atoms with Crippen molar-refractivity contribution in [3.05, 3.63) is 29.3 Å². The largest absolute Gasteiger partial charge is 0.348 e. The van der Waals surface area contributed by atoms with Crippen molar-refractivity contribution in [1.29, 1.82) is 0 Å². The molecule has 20 heavy (non-hydrogen) atoms. The highest BCUT2D eigenvalue weighted by molar-refractivity contribution is 5.93. The third-order valence-corrected chi connectivity index (χ3v) is 2.97. The Morgan fingerprint density at radius 3 is 2.30 bits per heavy atom. The van der Waals surface area contributed by atoms with Gasteiger partial charge in [-0.2, -0.15) is 0 Å². The SMILES string of the molecule is Cc1ccc(NC(=O)CN(C)CC(=O)N(C)C)c(C)c1. The molecule has 5 heteroatoms. The molecule has 0 aliphatic heterocycles. The molecule has 1 aromatic carbocycles. The van der Waals surface area contributed by atoms with E-state index in [1.54, 1.807) is 26.0 Å². The molecule has 0 unspecified atom stereocenters. The third-order valence-electron chi connectivity index (χ3n) is 2.97. The lowest BCUT2D eigenvalue weighted by atomic mass is 10.1. The topological polar surface area (TPSA) is 52.7 Å². The summed E-state index contributed by atoms with van der Waals surface area (Å²) in [7, 11) is 5.15. The second-order valence-corrected chi connectivity index (χ2v) is 5.33. The van der Waals surface area contributed by atoms with Crippen molar-refractivity contribution in [3.8, 4) is 0 Å². The molecule has 0 fully saturated rings. The Bertz CT molecular complexity index is 498. The lowest BCUT2D eigenvalue weighted by Crippen LogP contribution is -2.38. The number of amides is 2. The molecule has 5 nitrogen and oxygen atoms in total. The summed E-state index contributed by atoms with van der Waals surface area (Å²) < 4.78 is 0. The fraction of sp³-hybridized carbons (Fsp3) is 0.467. The van der Waals surface area contributed by atoms with E-state index >= 15 is 0 Å². The first-order valence-electron chi connectivity index (χ1n) is 6.55. The van der Waals surface area contributed by atoms with Gasteiger partial charge in [-0.1, -0.05) is 17.7 Å². The summed E-state index contributed by atoms with van der Waals surface area (Å²) in [5.41, 5.74) is 3.01. The van der Waals surface area contributed by atoms with E-state index in [0.717, 1.165) is 16.8 Å². The zero-order valence-electron chi connectivity index (χ0n) is 12.9. The number of nitrogens with one attached hydrogen (secondary N) is 1. The van der Waals surface area contributed by atoms with Crippen LogP contribution in [0.1, 0.15) is 11.1 Å². The summed E-state index contributed by atoms with van der Waals surface area (Å²) in [4.78, 5) is 26.7. The number of benzene rings is 1. The molecule has 0 spiro atoms. The quantitative estimate of drug-likeness (QED) is 0.881. The molecule has 0 saturated carbocycles. The molecule has 1 aromatic rings. The molecule has 0 bridgehead atoms. The van der Waals surface area contributed by atoms with Gasteiger partial charge in [0.25, 0.3) is 0 Å². The van der Waals surface area contributed by atoms with Crippen molar-refractivity contribution in [2.45, 2.75) is 13.8 Å². The first-order chi connectivity index (χ1) is 9.29. The van der Waals surface area contributed by atoms with Gasteiger partial charge in [-0.15, -0.1) is 0 Å². The van der Waals surface area contributed by atoms with Crippen LogP contribution in [0.25, 0.3) is 0 Å². The Balaban J connectivity index is 2.53. The first kappa shape index (κ1) is 16.2. The Morgan fingerprint density at radius 2 is 1.75 bits per heavy atom. The highest BCUT2D eigenvalue weighted by Gasteiger charge is 2.12. The normalized spacial score (nSPS) is 10.5. The van der Waals surface area contributed by atoms with Crippen LogP contribution in [0.5, 0.6) is 0 Å². The lowest BCUT2D eigenvalue weighted by Gasteiger charge is -2.18. The summed E-state index contributed by atoms with van der Waals surface area (Å²) in [5, 5.41) is 2.87. The monoisotopic (exact) mass is 277 g/mol. The van der Waals surface area contributed by atoms with Gasteiger partial charge in [0.2, 0.25) is 11.8 Å². The van der Waals surface area contributed by atoms with Crippen molar-refractivity contribution < 1.29 is 9.59 Å². The molecule has 0 aromatic heterocycles. The van der Waals surface area contributed by atoms with Gasteiger partial charge in [0.15, 0.2) is 0 Å². The Labute approximate surface area is 120 Å². The smallest absolute Gasteiger partial charge is 0.238 e. The second-order valence-electron chi connectivity index (χ2n) is 5.33. The fourth-order valence-electron chi connectivity index (χ4n) is 1.82. The Morgan fingerprint density at radius 1 is 1.10 bits per heavy atom. The number of likely N-dealkylation sites (N-methyl/N-ethyl adjacent to an activating group) is 2. The number of carbonyl (C=O) groups is 2. The lowest BCUT2D eigenvalue weighted by molar-refractivity contribution is -0.130. The third kappa shape index (κ3) is 5.01. The molecule has 1 rings (SSSR count). The minimum absolute atomic E-state index is 0.0215. The van der Waals surface area contributed by atoms with E-state index in [0.29, 0.717) is 0 Å². The van der Waals surface area contributed by atoms with Gasteiger partial charge in [0, 0.05) is 19.8 Å². The molecule has 0 aliphatic rings. The first-order valence-corrected chi connectivity index (χ1v) is 6.55. The maximum Gasteiger partial charge on any atom is 0.238 e. The van der Waals surface area contributed by atoms with Crippen LogP contribution in [0, 0.1) is 13.8 Å². The number of rotatable bonds is 5. The van der Waals surface area contributed by atoms with Gasteiger partial charge in [-0.25, -0.2) is 0 Å². The van der Waals surface area contributed by atoms with Crippen molar-refractivity contribution in [1.82, 2.24) is 9.80 Å². The average Bonchev–Trinajstić information content (AvgIpc) is 2.32. The van der Waals surface area contributed by atoms with Crippen LogP contribution in [-0.2, 0) is 9.59 Å². The molecule has 0 saturated heterocycles. The van der Waals surface area contributed by atoms with Crippen LogP contribution in [-0.4, -0.2) is 55.8 Å². The van der Waals surface area contributed by atoms with Gasteiger partial charge < -0.3 is 10.2 Å². The van der Waals surface area contributed by atoms with E-state index in [9.17, 15) is 9.59 Å². The standard InChI is InChI=1S/C15H23N3O2/c1-11-6-7-13(12(2)8-11)16-14(19)9-18(5)10-15(20)17(3)4/h6-8H,9-10H2,1-5H3,(H,16,19). The zero-order chi connectivity index (χ0) is 15.3. The summed E-state index contributed by atoms with van der Waals surface area (Å²) in [6.45, 7) is 4.39. The predicted octanol–water partition coefficient (Wildman–Crippen LogP) is 1.26. The molecule has 2 amide bonds. The van der Waals surface area contributed by atoms with E-state index in [4.69, 9.17) is 0 Å². The predicted molar refractivity (Wildman–Crippen MR) is 80.7 cm³/mol. The van der Waals surface area contributed by atoms with Gasteiger partial charge in [-0.3, -0.25) is 14.5 Å². The molecule has 0 aliphatic carbocycles. The number of aryl methyl sites for hydroxylation is 2. The summed E-state index contributed by atoms with van der Waals surface area (Å²) in [6, 6.07) is 5.88. The zero-order valence-corrected chi connectivity index (χ0v) is 12.9. The van der Waals surface area contributed by atoms with E-state index in [-0.39, 0.29) is 24.9 Å². The minimum Gasteiger partial charge on any atom is -0.348 e. The highest BCUT2D eigenvalue weighted by Crippen LogP contribution is 2.15. The van der Waals surface area contributed by atoms with E-state index < -0.39 is 0 Å². The Hall–Kier alpha value is -1.88. The average molecular weight is 277 g/mol. The van der Waals surface area contributed by atoms with E-state index in [2.05, 4.69) is 5.32 Å². The molecular weight excluding hydrogens is 254 g/mol. The van der Waals surface area contributed by atoms with Gasteiger partial charge in [-0.05, 0) is 32.5 Å². The maximum atomic E-state index is 11.9. The van der Waals surface area contributed by atoms with Crippen LogP contribution in [0.15, 0.2) is 18.2 Å². The summed E-state index contributed by atoms with van der Waals surface area (Å²) in [6.07, 6.45) is 0. The number of carbonyl (C=O) groups excluding carboxylic acids is 2. The number of anilines is 1. The summed E-state index contributed by atoms with van der Waals surface area (Å²) in [5.74, 6) is -0.141. The molecule has 0 heterocycles. The van der Waals surface area contributed by atoms with Crippen molar-refractivity contribution >= 4 is 17.5 Å². The highest BCUT2D eigenvalue weighted by atomic mass is 16.2. The van der Waals surface area contributed by atoms with E-state index in [1.807, 2.05) is 32.0 Å². The molecule has 0 radical (unpaired) electrons. The van der Waals surface area contributed by atoms with Crippen molar-refractivity contribution in [3.63, 3.8) is 0 Å². The molecule has 0 atom stereocenters. The number of nitrogens with zero attached hydrogens (tertiary/aromatic N) is 2. The summed E-state index contributed by atoms with van der Waals surface area (Å²) >= 11 is 0. The van der Waals surface area contributed by atoms with Crippen LogP contribution < -0.4 is 5.32 Å². The molecular formula is C15H23N3O2.